The molecule has 0 unspecified atom stereocenters. The Morgan fingerprint density at radius 2 is 1.54 bits per heavy atom. The van der Waals surface area contributed by atoms with E-state index in [1.807, 2.05) is 12.1 Å². The van der Waals surface area contributed by atoms with Gasteiger partial charge >= 0.3 is 0 Å². The highest BCUT2D eigenvalue weighted by Gasteiger charge is 2.18. The van der Waals surface area contributed by atoms with Gasteiger partial charge in [-0.2, -0.15) is 0 Å². The quantitative estimate of drug-likeness (QED) is 0.637. The number of nitro groups is 1. The third-order valence-corrected chi connectivity index (χ3v) is 4.49. The van der Waals surface area contributed by atoms with Crippen LogP contribution in [0.2, 0.25) is 0 Å². The van der Waals surface area contributed by atoms with E-state index in [9.17, 15) is 10.1 Å². The van der Waals surface area contributed by atoms with Gasteiger partial charge in [-0.3, -0.25) is 15.0 Å². The molecule has 1 saturated heterocycles. The number of anilines is 1. The van der Waals surface area contributed by atoms with Crippen LogP contribution in [0.1, 0.15) is 16.7 Å². The molecule has 0 amide bonds. The maximum atomic E-state index is 10.7. The Bertz CT molecular complexity index is 700. The van der Waals surface area contributed by atoms with E-state index >= 15 is 0 Å². The number of hydrogen-bond acceptors (Lipinski definition) is 4. The third-order valence-electron chi connectivity index (χ3n) is 4.49. The lowest BCUT2D eigenvalue weighted by molar-refractivity contribution is -0.384. The van der Waals surface area contributed by atoms with Crippen molar-refractivity contribution < 1.29 is 4.92 Å². The topological polar surface area (TPSA) is 49.6 Å². The molecule has 1 fully saturated rings. The van der Waals surface area contributed by atoms with Crippen LogP contribution < -0.4 is 4.90 Å². The number of benzene rings is 2. The second kappa shape index (κ2) is 7.01. The molecule has 1 aliphatic rings. The van der Waals surface area contributed by atoms with Crippen molar-refractivity contribution in [2.45, 2.75) is 20.4 Å². The van der Waals surface area contributed by atoms with Gasteiger partial charge in [0.15, 0.2) is 0 Å². The predicted molar refractivity (Wildman–Crippen MR) is 96.5 cm³/mol. The Labute approximate surface area is 142 Å². The van der Waals surface area contributed by atoms with Gasteiger partial charge in [0, 0.05) is 50.5 Å². The highest BCUT2D eigenvalue weighted by molar-refractivity contribution is 5.51. The van der Waals surface area contributed by atoms with Gasteiger partial charge in [-0.15, -0.1) is 0 Å². The summed E-state index contributed by atoms with van der Waals surface area (Å²) in [5.41, 5.74) is 5.21. The Kier molecular flexibility index (Phi) is 4.81. The van der Waals surface area contributed by atoms with Gasteiger partial charge in [-0.1, -0.05) is 29.3 Å². The van der Waals surface area contributed by atoms with Crippen LogP contribution in [-0.4, -0.2) is 36.0 Å². The minimum atomic E-state index is -0.356. The molecule has 0 aromatic heterocycles. The molecule has 126 valence electrons. The van der Waals surface area contributed by atoms with Gasteiger partial charge in [-0.05, 0) is 31.5 Å². The highest BCUT2D eigenvalue weighted by Crippen LogP contribution is 2.21. The summed E-state index contributed by atoms with van der Waals surface area (Å²) in [5.74, 6) is 0. The normalized spacial score (nSPS) is 15.5. The van der Waals surface area contributed by atoms with Gasteiger partial charge in [-0.25, -0.2) is 0 Å². The average Bonchev–Trinajstić information content (AvgIpc) is 2.55. The second-order valence-electron chi connectivity index (χ2n) is 6.53. The van der Waals surface area contributed by atoms with E-state index in [1.165, 1.54) is 16.7 Å². The molecule has 2 aromatic carbocycles. The standard InChI is InChI=1S/C19H23N3O2/c1-15-11-16(2)13-17(12-15)14-20-7-9-21(10-8-20)18-3-5-19(6-4-18)22(23)24/h3-6,11-13H,7-10,14H2,1-2H3. The molecule has 5 heteroatoms. The monoisotopic (exact) mass is 325 g/mol. The molecule has 0 saturated carbocycles. The van der Waals surface area contributed by atoms with Crippen LogP contribution in [0.4, 0.5) is 11.4 Å². The van der Waals surface area contributed by atoms with Crippen molar-refractivity contribution in [3.05, 3.63) is 69.3 Å². The maximum absolute atomic E-state index is 10.7. The number of non-ortho nitro benzene ring substituents is 1. The van der Waals surface area contributed by atoms with Crippen LogP contribution >= 0.6 is 0 Å². The molecule has 0 aliphatic carbocycles. The zero-order chi connectivity index (χ0) is 17.1. The molecule has 0 bridgehead atoms. The van der Waals surface area contributed by atoms with Gasteiger partial charge < -0.3 is 4.90 Å². The van der Waals surface area contributed by atoms with E-state index in [1.54, 1.807) is 12.1 Å². The number of nitro benzene ring substituents is 1. The average molecular weight is 325 g/mol. The zero-order valence-electron chi connectivity index (χ0n) is 14.2. The molecular formula is C19H23N3O2. The number of piperazine rings is 1. The van der Waals surface area contributed by atoms with Crippen LogP contribution in [0.15, 0.2) is 42.5 Å². The molecule has 0 spiro atoms. The van der Waals surface area contributed by atoms with E-state index < -0.39 is 0 Å². The third kappa shape index (κ3) is 3.92. The summed E-state index contributed by atoms with van der Waals surface area (Å²) >= 11 is 0. The summed E-state index contributed by atoms with van der Waals surface area (Å²) < 4.78 is 0. The first-order valence-corrected chi connectivity index (χ1v) is 8.30. The summed E-state index contributed by atoms with van der Waals surface area (Å²) in [4.78, 5) is 15.1. The fourth-order valence-electron chi connectivity index (χ4n) is 3.37. The largest absolute Gasteiger partial charge is 0.369 e. The smallest absolute Gasteiger partial charge is 0.269 e. The van der Waals surface area contributed by atoms with Crippen molar-refractivity contribution in [1.29, 1.82) is 0 Å². The second-order valence-corrected chi connectivity index (χ2v) is 6.53. The van der Waals surface area contributed by atoms with Gasteiger partial charge in [0.2, 0.25) is 0 Å². The summed E-state index contributed by atoms with van der Waals surface area (Å²) in [6.45, 7) is 9.17. The Morgan fingerprint density at radius 3 is 2.08 bits per heavy atom. The molecular weight excluding hydrogens is 302 g/mol. The molecule has 0 radical (unpaired) electrons. The van der Waals surface area contributed by atoms with E-state index in [0.29, 0.717) is 0 Å². The Balaban J connectivity index is 1.58. The lowest BCUT2D eigenvalue weighted by Gasteiger charge is -2.36. The van der Waals surface area contributed by atoms with E-state index in [0.717, 1.165) is 38.4 Å². The van der Waals surface area contributed by atoms with Crippen LogP contribution in [-0.2, 0) is 6.54 Å². The predicted octanol–water partition coefficient (Wildman–Crippen LogP) is 3.53. The summed E-state index contributed by atoms with van der Waals surface area (Å²) in [7, 11) is 0. The SMILES string of the molecule is Cc1cc(C)cc(CN2CCN(c3ccc([N+](=O)[O-])cc3)CC2)c1. The first-order valence-electron chi connectivity index (χ1n) is 8.30. The van der Waals surface area contributed by atoms with Crippen molar-refractivity contribution in [1.82, 2.24) is 4.90 Å². The Hall–Kier alpha value is -2.40. The number of nitrogens with zero attached hydrogens (tertiary/aromatic N) is 3. The number of hydrogen-bond donors (Lipinski definition) is 0. The molecule has 3 rings (SSSR count). The minimum Gasteiger partial charge on any atom is -0.369 e. The highest BCUT2D eigenvalue weighted by atomic mass is 16.6. The first kappa shape index (κ1) is 16.5. The molecule has 0 atom stereocenters. The van der Waals surface area contributed by atoms with E-state index in [4.69, 9.17) is 0 Å². The minimum absolute atomic E-state index is 0.146. The number of rotatable bonds is 4. The zero-order valence-corrected chi connectivity index (χ0v) is 14.2. The van der Waals surface area contributed by atoms with Gasteiger partial charge in [0.1, 0.15) is 0 Å². The lowest BCUT2D eigenvalue weighted by Crippen LogP contribution is -2.45. The van der Waals surface area contributed by atoms with Gasteiger partial charge in [0.25, 0.3) is 5.69 Å². The van der Waals surface area contributed by atoms with Gasteiger partial charge in [0.05, 0.1) is 4.92 Å². The van der Waals surface area contributed by atoms with Crippen LogP contribution in [0.25, 0.3) is 0 Å². The molecule has 1 aliphatic heterocycles. The van der Waals surface area contributed by atoms with Crippen molar-refractivity contribution in [2.24, 2.45) is 0 Å². The van der Waals surface area contributed by atoms with Crippen molar-refractivity contribution in [3.63, 3.8) is 0 Å². The van der Waals surface area contributed by atoms with Crippen molar-refractivity contribution >= 4 is 11.4 Å². The van der Waals surface area contributed by atoms with Crippen LogP contribution in [0, 0.1) is 24.0 Å². The number of aryl methyl sites for hydroxylation is 2. The molecule has 0 N–H and O–H groups in total. The van der Waals surface area contributed by atoms with Crippen molar-refractivity contribution in [3.8, 4) is 0 Å². The maximum Gasteiger partial charge on any atom is 0.269 e. The molecule has 24 heavy (non-hydrogen) atoms. The molecule has 2 aromatic rings. The fraction of sp³-hybridized carbons (Fsp3) is 0.368. The van der Waals surface area contributed by atoms with Crippen LogP contribution in [0.5, 0.6) is 0 Å². The van der Waals surface area contributed by atoms with E-state index in [-0.39, 0.29) is 10.6 Å². The van der Waals surface area contributed by atoms with Crippen LogP contribution in [0.3, 0.4) is 0 Å². The fourth-order valence-corrected chi connectivity index (χ4v) is 3.37. The Morgan fingerprint density at radius 1 is 0.958 bits per heavy atom. The molecule has 1 heterocycles. The van der Waals surface area contributed by atoms with E-state index in [2.05, 4.69) is 41.8 Å². The summed E-state index contributed by atoms with van der Waals surface area (Å²) in [6, 6.07) is 13.6. The lowest BCUT2D eigenvalue weighted by atomic mass is 10.1. The molecule has 5 nitrogen and oxygen atoms in total. The van der Waals surface area contributed by atoms with Crippen molar-refractivity contribution in [2.75, 3.05) is 31.1 Å². The summed E-state index contributed by atoms with van der Waals surface area (Å²) in [6.07, 6.45) is 0. The first-order chi connectivity index (χ1) is 11.5. The summed E-state index contributed by atoms with van der Waals surface area (Å²) in [5, 5.41) is 10.7.